The average Bonchev–Trinajstić information content (AvgIpc) is 3.09. The number of amides is 3. The normalized spacial score (nSPS) is 14.2. The third-order valence-electron chi connectivity index (χ3n) is 8.24. The van der Waals surface area contributed by atoms with Crippen molar-refractivity contribution in [2.75, 3.05) is 13.7 Å². The Hall–Kier alpha value is -5.59. The number of carbonyl (C=O) groups excluding carboxylic acids is 4. The fourth-order valence-corrected chi connectivity index (χ4v) is 5.67. The number of nitrogens with one attached hydrogen (secondary N) is 2. The van der Waals surface area contributed by atoms with Gasteiger partial charge in [0.25, 0.3) is 5.91 Å². The Balaban J connectivity index is 1.40. The standard InChI is InChI=1S/C36H41N3O10/c1-21(40)39-29(34(43)38-19-24-10-15-31(28(16-24)33(37)42)48-20-23-6-4-3-5-7-23)17-22-8-12-26(13-9-22)49-32(35(44)45)27-18-25(36(46)47-2)11-14-30(27)41/h8-16,18,23,29,32,41H,3-7,17,19-20H2,1-2H3,(H2,37,42)(H,38,43)(H,39,40)(H,44,45). The molecule has 13 heteroatoms. The summed E-state index contributed by atoms with van der Waals surface area (Å²) in [6.45, 7) is 1.86. The summed E-state index contributed by atoms with van der Waals surface area (Å²) in [6.07, 6.45) is 4.20. The fourth-order valence-electron chi connectivity index (χ4n) is 5.67. The highest BCUT2D eigenvalue weighted by Gasteiger charge is 2.27. The Kier molecular flexibility index (Phi) is 12.6. The molecule has 49 heavy (non-hydrogen) atoms. The Morgan fingerprint density at radius 1 is 0.939 bits per heavy atom. The predicted octanol–water partition coefficient (Wildman–Crippen LogP) is 3.81. The van der Waals surface area contributed by atoms with Crippen LogP contribution in [-0.4, -0.2) is 59.6 Å². The Bertz CT molecular complexity index is 1670. The van der Waals surface area contributed by atoms with E-state index >= 15 is 0 Å². The van der Waals surface area contributed by atoms with Gasteiger partial charge in [-0.15, -0.1) is 0 Å². The number of rotatable bonds is 15. The van der Waals surface area contributed by atoms with Gasteiger partial charge >= 0.3 is 11.9 Å². The molecule has 3 amide bonds. The first-order valence-electron chi connectivity index (χ1n) is 15.9. The third-order valence-corrected chi connectivity index (χ3v) is 8.24. The van der Waals surface area contributed by atoms with Crippen LogP contribution in [0.2, 0.25) is 0 Å². The molecule has 1 aliphatic rings. The zero-order valence-electron chi connectivity index (χ0n) is 27.4. The van der Waals surface area contributed by atoms with Crippen molar-refractivity contribution in [3.63, 3.8) is 0 Å². The molecule has 0 aliphatic heterocycles. The van der Waals surface area contributed by atoms with E-state index in [2.05, 4.69) is 15.4 Å². The number of hydrogen-bond acceptors (Lipinski definition) is 9. The van der Waals surface area contributed by atoms with Crippen molar-refractivity contribution in [1.82, 2.24) is 10.6 Å². The summed E-state index contributed by atoms with van der Waals surface area (Å²) < 4.78 is 16.3. The van der Waals surface area contributed by atoms with Gasteiger partial charge in [0.15, 0.2) is 0 Å². The van der Waals surface area contributed by atoms with Crippen LogP contribution in [0.25, 0.3) is 0 Å². The van der Waals surface area contributed by atoms with Gasteiger partial charge in [-0.1, -0.05) is 37.5 Å². The van der Waals surface area contributed by atoms with E-state index in [1.54, 1.807) is 30.3 Å². The molecule has 6 N–H and O–H groups in total. The third kappa shape index (κ3) is 10.2. The number of carboxylic acid groups (broad SMARTS) is 1. The second-order valence-corrected chi connectivity index (χ2v) is 11.9. The first kappa shape index (κ1) is 36.2. The van der Waals surface area contributed by atoms with E-state index in [0.29, 0.717) is 29.4 Å². The molecule has 2 unspecified atom stereocenters. The van der Waals surface area contributed by atoms with E-state index in [4.69, 9.17) is 15.2 Å². The molecule has 13 nitrogen and oxygen atoms in total. The number of benzene rings is 3. The van der Waals surface area contributed by atoms with E-state index in [1.165, 1.54) is 63.6 Å². The lowest BCUT2D eigenvalue weighted by molar-refractivity contribution is -0.145. The molecular weight excluding hydrogens is 634 g/mol. The zero-order valence-corrected chi connectivity index (χ0v) is 27.4. The van der Waals surface area contributed by atoms with E-state index < -0.39 is 41.8 Å². The van der Waals surface area contributed by atoms with E-state index in [-0.39, 0.29) is 41.2 Å². The summed E-state index contributed by atoms with van der Waals surface area (Å²) in [5.74, 6) is -3.06. The number of hydrogen-bond donors (Lipinski definition) is 5. The van der Waals surface area contributed by atoms with Crippen molar-refractivity contribution in [2.24, 2.45) is 11.7 Å². The molecule has 1 fully saturated rings. The van der Waals surface area contributed by atoms with Crippen LogP contribution in [0.3, 0.4) is 0 Å². The molecule has 0 bridgehead atoms. The summed E-state index contributed by atoms with van der Waals surface area (Å²) in [7, 11) is 1.18. The molecule has 0 saturated heterocycles. The highest BCUT2D eigenvalue weighted by atomic mass is 16.5. The molecule has 3 aromatic rings. The van der Waals surface area contributed by atoms with Crippen molar-refractivity contribution in [2.45, 2.75) is 64.1 Å². The van der Waals surface area contributed by atoms with Crippen LogP contribution < -0.4 is 25.8 Å². The van der Waals surface area contributed by atoms with Gasteiger partial charge < -0.3 is 40.8 Å². The maximum atomic E-state index is 13.2. The highest BCUT2D eigenvalue weighted by Crippen LogP contribution is 2.31. The number of aliphatic carboxylic acids is 1. The minimum absolute atomic E-state index is 0.0343. The van der Waals surface area contributed by atoms with Crippen molar-refractivity contribution >= 4 is 29.7 Å². The minimum atomic E-state index is -1.65. The number of ether oxygens (including phenoxy) is 3. The maximum absolute atomic E-state index is 13.2. The molecule has 0 spiro atoms. The monoisotopic (exact) mass is 675 g/mol. The van der Waals surface area contributed by atoms with Gasteiger partial charge in [0.1, 0.15) is 23.3 Å². The Morgan fingerprint density at radius 2 is 1.63 bits per heavy atom. The highest BCUT2D eigenvalue weighted by molar-refractivity contribution is 5.96. The first-order chi connectivity index (χ1) is 23.4. The Morgan fingerprint density at radius 3 is 2.27 bits per heavy atom. The van der Waals surface area contributed by atoms with Crippen LogP contribution >= 0.6 is 0 Å². The quantitative estimate of drug-likeness (QED) is 0.147. The number of esters is 1. The zero-order chi connectivity index (χ0) is 35.5. The van der Waals surface area contributed by atoms with Crippen LogP contribution in [-0.2, 0) is 32.1 Å². The molecule has 4 rings (SSSR count). The number of phenolic OH excluding ortho intramolecular Hbond substituents is 1. The topological polar surface area (TPSA) is 204 Å². The van der Waals surface area contributed by atoms with E-state index in [0.717, 1.165) is 12.8 Å². The summed E-state index contributed by atoms with van der Waals surface area (Å²) in [5, 5.41) is 25.5. The van der Waals surface area contributed by atoms with Gasteiger partial charge in [0, 0.05) is 25.5 Å². The van der Waals surface area contributed by atoms with Crippen molar-refractivity contribution in [1.29, 1.82) is 0 Å². The van der Waals surface area contributed by atoms with Crippen LogP contribution in [0.1, 0.15) is 82.5 Å². The number of primary amides is 1. The van der Waals surface area contributed by atoms with Crippen molar-refractivity contribution < 1.29 is 48.4 Å². The summed E-state index contributed by atoms with van der Waals surface area (Å²) >= 11 is 0. The predicted molar refractivity (Wildman–Crippen MR) is 177 cm³/mol. The minimum Gasteiger partial charge on any atom is -0.508 e. The molecule has 3 aromatic carbocycles. The molecule has 2 atom stereocenters. The van der Waals surface area contributed by atoms with Gasteiger partial charge in [0.2, 0.25) is 17.9 Å². The number of phenols is 1. The Labute approximate surface area is 283 Å². The molecule has 260 valence electrons. The van der Waals surface area contributed by atoms with Crippen molar-refractivity contribution in [3.8, 4) is 17.2 Å². The SMILES string of the molecule is COC(=O)c1ccc(O)c(C(Oc2ccc(CC(NC(C)=O)C(=O)NCc3ccc(OCC4CCCCC4)c(C(N)=O)c3)cc2)C(=O)O)c1. The molecular formula is C36H41N3O10. The van der Waals surface area contributed by atoms with Gasteiger partial charge in [-0.3, -0.25) is 14.4 Å². The average molecular weight is 676 g/mol. The molecule has 0 radical (unpaired) electrons. The summed E-state index contributed by atoms with van der Waals surface area (Å²) in [5.41, 5.74) is 6.98. The van der Waals surface area contributed by atoms with E-state index in [9.17, 15) is 34.2 Å². The smallest absolute Gasteiger partial charge is 0.349 e. The molecule has 0 aromatic heterocycles. The summed E-state index contributed by atoms with van der Waals surface area (Å²) in [4.78, 5) is 61.3. The maximum Gasteiger partial charge on any atom is 0.349 e. The van der Waals surface area contributed by atoms with Crippen molar-refractivity contribution in [3.05, 3.63) is 88.5 Å². The number of carbonyl (C=O) groups is 5. The van der Waals surface area contributed by atoms with Gasteiger partial charge in [-0.2, -0.15) is 0 Å². The number of aromatic hydroxyl groups is 1. The molecule has 1 saturated carbocycles. The largest absolute Gasteiger partial charge is 0.508 e. The van der Waals surface area contributed by atoms with E-state index in [1.807, 2.05) is 0 Å². The van der Waals surface area contributed by atoms with Gasteiger partial charge in [-0.25, -0.2) is 9.59 Å². The summed E-state index contributed by atoms with van der Waals surface area (Å²) in [6, 6.07) is 13.9. The van der Waals surface area contributed by atoms with Crippen LogP contribution in [0, 0.1) is 5.92 Å². The number of nitrogens with two attached hydrogens (primary N) is 1. The first-order valence-corrected chi connectivity index (χ1v) is 15.9. The second kappa shape index (κ2) is 17.0. The number of methoxy groups -OCH3 is 1. The van der Waals surface area contributed by atoms with Crippen LogP contribution in [0.5, 0.6) is 17.2 Å². The van der Waals surface area contributed by atoms with Crippen LogP contribution in [0.15, 0.2) is 60.7 Å². The second-order valence-electron chi connectivity index (χ2n) is 11.9. The lowest BCUT2D eigenvalue weighted by Crippen LogP contribution is -2.47. The van der Waals surface area contributed by atoms with Gasteiger partial charge in [-0.05, 0) is 72.4 Å². The van der Waals surface area contributed by atoms with Gasteiger partial charge in [0.05, 0.1) is 24.8 Å². The lowest BCUT2D eigenvalue weighted by atomic mass is 9.90. The number of carboxylic acids is 1. The van der Waals surface area contributed by atoms with Crippen LogP contribution in [0.4, 0.5) is 0 Å². The lowest BCUT2D eigenvalue weighted by Gasteiger charge is -2.22. The fraction of sp³-hybridized carbons (Fsp3) is 0.361. The molecule has 0 heterocycles. The molecule has 1 aliphatic carbocycles.